The molecule has 6 nitrogen and oxygen atoms in total. The first-order valence-corrected chi connectivity index (χ1v) is 9.21. The second-order valence-corrected chi connectivity index (χ2v) is 7.36. The molecule has 0 saturated carbocycles. The highest BCUT2D eigenvalue weighted by atomic mass is 16.5. The van der Waals surface area contributed by atoms with E-state index in [0.717, 1.165) is 43.6 Å². The Morgan fingerprint density at radius 3 is 2.80 bits per heavy atom. The fourth-order valence-corrected chi connectivity index (χ4v) is 4.10. The van der Waals surface area contributed by atoms with Crippen LogP contribution in [0.4, 0.5) is 0 Å². The monoisotopic (exact) mass is 343 g/mol. The van der Waals surface area contributed by atoms with E-state index in [-0.39, 0.29) is 6.04 Å². The molecule has 134 valence electrons. The summed E-state index contributed by atoms with van der Waals surface area (Å²) < 4.78 is 5.63. The van der Waals surface area contributed by atoms with Gasteiger partial charge in [-0.15, -0.1) is 0 Å². The molecule has 0 spiro atoms. The highest BCUT2D eigenvalue weighted by molar-refractivity contribution is 6.35. The summed E-state index contributed by atoms with van der Waals surface area (Å²) in [6.07, 6.45) is 4.18. The van der Waals surface area contributed by atoms with E-state index in [4.69, 9.17) is 4.74 Å². The molecule has 2 bridgehead atoms. The first-order chi connectivity index (χ1) is 12.1. The molecule has 0 aliphatic carbocycles. The molecule has 3 heterocycles. The zero-order chi connectivity index (χ0) is 17.4. The summed E-state index contributed by atoms with van der Waals surface area (Å²) in [5, 5.41) is 6.33. The Balaban J connectivity index is 1.39. The standard InChI is InChI=1S/C19H25N3O3/c1-12(13-4-7-17-14(9-13)3-2-8-25-17)20-18(23)19(24)22-10-15-5-6-16(11-22)21-15/h4,7,9,12,15-16,21H,2-3,5-6,8,10-11H2,1H3,(H,20,23). The van der Waals surface area contributed by atoms with E-state index < -0.39 is 11.8 Å². The van der Waals surface area contributed by atoms with E-state index in [1.165, 1.54) is 5.56 Å². The molecular formula is C19H25N3O3. The van der Waals surface area contributed by atoms with Gasteiger partial charge in [-0.3, -0.25) is 9.59 Å². The van der Waals surface area contributed by atoms with Gasteiger partial charge in [-0.05, 0) is 49.8 Å². The number of nitrogens with one attached hydrogen (secondary N) is 2. The Morgan fingerprint density at radius 1 is 1.28 bits per heavy atom. The molecule has 0 radical (unpaired) electrons. The van der Waals surface area contributed by atoms with Gasteiger partial charge in [-0.1, -0.05) is 12.1 Å². The van der Waals surface area contributed by atoms with Crippen molar-refractivity contribution >= 4 is 11.8 Å². The molecule has 2 amide bonds. The Morgan fingerprint density at radius 2 is 2.04 bits per heavy atom. The van der Waals surface area contributed by atoms with Crippen LogP contribution in [-0.4, -0.2) is 48.5 Å². The fraction of sp³-hybridized carbons (Fsp3) is 0.579. The van der Waals surface area contributed by atoms with Gasteiger partial charge in [0.2, 0.25) is 0 Å². The summed E-state index contributed by atoms with van der Waals surface area (Å²) in [4.78, 5) is 26.6. The van der Waals surface area contributed by atoms with E-state index in [0.29, 0.717) is 25.2 Å². The van der Waals surface area contributed by atoms with Crippen LogP contribution in [0, 0.1) is 0 Å². The number of rotatable bonds is 2. The van der Waals surface area contributed by atoms with Crippen molar-refractivity contribution in [2.45, 2.75) is 50.7 Å². The number of amides is 2. The van der Waals surface area contributed by atoms with Gasteiger partial charge in [0, 0.05) is 25.2 Å². The van der Waals surface area contributed by atoms with Crippen molar-refractivity contribution in [2.75, 3.05) is 19.7 Å². The van der Waals surface area contributed by atoms with E-state index in [1.807, 2.05) is 19.1 Å². The smallest absolute Gasteiger partial charge is 0.312 e. The van der Waals surface area contributed by atoms with Crippen molar-refractivity contribution in [3.05, 3.63) is 29.3 Å². The second kappa shape index (κ2) is 6.67. The highest BCUT2D eigenvalue weighted by Crippen LogP contribution is 2.28. The lowest BCUT2D eigenvalue weighted by Crippen LogP contribution is -2.56. The maximum Gasteiger partial charge on any atom is 0.312 e. The van der Waals surface area contributed by atoms with Crippen LogP contribution in [0.3, 0.4) is 0 Å². The predicted octanol–water partition coefficient (Wildman–Crippen LogP) is 1.15. The van der Waals surface area contributed by atoms with E-state index >= 15 is 0 Å². The van der Waals surface area contributed by atoms with E-state index in [2.05, 4.69) is 16.7 Å². The Kier molecular flexibility index (Phi) is 4.37. The van der Waals surface area contributed by atoms with Crippen LogP contribution in [0.25, 0.3) is 0 Å². The number of fused-ring (bicyclic) bond motifs is 3. The maximum absolute atomic E-state index is 12.5. The number of aryl methyl sites for hydroxylation is 1. The Labute approximate surface area is 147 Å². The van der Waals surface area contributed by atoms with Crippen LogP contribution in [0.2, 0.25) is 0 Å². The van der Waals surface area contributed by atoms with Gasteiger partial charge >= 0.3 is 11.8 Å². The van der Waals surface area contributed by atoms with Crippen molar-refractivity contribution in [2.24, 2.45) is 0 Å². The average molecular weight is 343 g/mol. The summed E-state index contributed by atoms with van der Waals surface area (Å²) in [6, 6.07) is 6.48. The molecule has 3 aliphatic rings. The van der Waals surface area contributed by atoms with Gasteiger partial charge in [0.25, 0.3) is 0 Å². The number of hydrogen-bond donors (Lipinski definition) is 2. The summed E-state index contributed by atoms with van der Waals surface area (Å²) in [7, 11) is 0. The van der Waals surface area contributed by atoms with Gasteiger partial charge in [0.15, 0.2) is 0 Å². The minimum absolute atomic E-state index is 0.205. The number of hydrogen-bond acceptors (Lipinski definition) is 4. The molecule has 3 aliphatic heterocycles. The third kappa shape index (κ3) is 3.35. The van der Waals surface area contributed by atoms with Crippen LogP contribution in [0.1, 0.15) is 43.4 Å². The number of ether oxygens (including phenoxy) is 1. The van der Waals surface area contributed by atoms with Gasteiger partial charge in [-0.25, -0.2) is 0 Å². The summed E-state index contributed by atoms with van der Waals surface area (Å²) >= 11 is 0. The zero-order valence-electron chi connectivity index (χ0n) is 14.6. The third-order valence-electron chi connectivity index (χ3n) is 5.48. The molecule has 2 N–H and O–H groups in total. The molecule has 1 aromatic carbocycles. The number of piperazine rings is 1. The van der Waals surface area contributed by atoms with Gasteiger partial charge in [0.05, 0.1) is 12.6 Å². The highest BCUT2D eigenvalue weighted by Gasteiger charge is 2.36. The van der Waals surface area contributed by atoms with Crippen LogP contribution in [0.15, 0.2) is 18.2 Å². The minimum atomic E-state index is -0.511. The van der Waals surface area contributed by atoms with Crippen molar-refractivity contribution in [1.29, 1.82) is 0 Å². The quantitative estimate of drug-likeness (QED) is 0.791. The lowest BCUT2D eigenvalue weighted by molar-refractivity contribution is -0.147. The molecule has 3 atom stereocenters. The van der Waals surface area contributed by atoms with Gasteiger partial charge in [-0.2, -0.15) is 0 Å². The SMILES string of the molecule is CC(NC(=O)C(=O)N1CC2CCC(C1)N2)c1ccc2c(c1)CCCO2. The van der Waals surface area contributed by atoms with Crippen molar-refractivity contribution < 1.29 is 14.3 Å². The molecule has 2 fully saturated rings. The van der Waals surface area contributed by atoms with Crippen LogP contribution >= 0.6 is 0 Å². The van der Waals surface area contributed by atoms with Gasteiger partial charge < -0.3 is 20.3 Å². The van der Waals surface area contributed by atoms with Crippen molar-refractivity contribution in [1.82, 2.24) is 15.5 Å². The topological polar surface area (TPSA) is 70.7 Å². The summed E-state index contributed by atoms with van der Waals surface area (Å²) in [5.74, 6) is 0.00945. The van der Waals surface area contributed by atoms with Crippen LogP contribution < -0.4 is 15.4 Å². The van der Waals surface area contributed by atoms with Crippen molar-refractivity contribution in [3.63, 3.8) is 0 Å². The first-order valence-electron chi connectivity index (χ1n) is 9.21. The fourth-order valence-electron chi connectivity index (χ4n) is 4.10. The van der Waals surface area contributed by atoms with E-state index in [1.54, 1.807) is 4.90 Å². The van der Waals surface area contributed by atoms with E-state index in [9.17, 15) is 9.59 Å². The zero-order valence-corrected chi connectivity index (χ0v) is 14.6. The summed E-state index contributed by atoms with van der Waals surface area (Å²) in [5.41, 5.74) is 2.18. The number of carbonyl (C=O) groups is 2. The molecule has 2 saturated heterocycles. The maximum atomic E-state index is 12.5. The lowest BCUT2D eigenvalue weighted by Gasteiger charge is -2.32. The molecular weight excluding hydrogens is 318 g/mol. The normalized spacial score (nSPS) is 25.7. The first kappa shape index (κ1) is 16.4. The van der Waals surface area contributed by atoms with Crippen molar-refractivity contribution in [3.8, 4) is 5.75 Å². The summed E-state index contributed by atoms with van der Waals surface area (Å²) in [6.45, 7) is 3.94. The molecule has 0 aromatic heterocycles. The molecule has 4 rings (SSSR count). The molecule has 1 aromatic rings. The van der Waals surface area contributed by atoms with Crippen LogP contribution in [-0.2, 0) is 16.0 Å². The second-order valence-electron chi connectivity index (χ2n) is 7.36. The number of carbonyl (C=O) groups excluding carboxylic acids is 2. The van der Waals surface area contributed by atoms with Gasteiger partial charge in [0.1, 0.15) is 5.75 Å². The lowest BCUT2D eigenvalue weighted by atomic mass is 10.00. The predicted molar refractivity (Wildman–Crippen MR) is 93.3 cm³/mol. The Hall–Kier alpha value is -2.08. The largest absolute Gasteiger partial charge is 0.493 e. The number of nitrogens with zero attached hydrogens (tertiary/aromatic N) is 1. The number of benzene rings is 1. The minimum Gasteiger partial charge on any atom is -0.493 e. The van der Waals surface area contributed by atoms with Crippen LogP contribution in [0.5, 0.6) is 5.75 Å². The third-order valence-corrected chi connectivity index (χ3v) is 5.48. The average Bonchev–Trinajstić information content (AvgIpc) is 2.98. The molecule has 6 heteroatoms. The number of likely N-dealkylation sites (tertiary alicyclic amines) is 1. The molecule has 3 unspecified atom stereocenters. The molecule has 25 heavy (non-hydrogen) atoms. The Bertz CT molecular complexity index is 678.